The summed E-state index contributed by atoms with van der Waals surface area (Å²) in [5.74, 6) is 0.590. The van der Waals surface area contributed by atoms with E-state index < -0.39 is 5.97 Å². The van der Waals surface area contributed by atoms with Gasteiger partial charge in [-0.1, -0.05) is 18.2 Å². The first-order chi connectivity index (χ1) is 13.2. The Morgan fingerprint density at radius 1 is 1.11 bits per heavy atom. The lowest BCUT2D eigenvalue weighted by Crippen LogP contribution is -2.10. The van der Waals surface area contributed by atoms with Crippen LogP contribution >= 0.6 is 11.3 Å². The zero-order valence-corrected chi connectivity index (χ0v) is 15.1. The van der Waals surface area contributed by atoms with Gasteiger partial charge in [0.15, 0.2) is 5.76 Å². The minimum Gasteiger partial charge on any atom is -0.496 e. The van der Waals surface area contributed by atoms with Gasteiger partial charge in [-0.15, -0.1) is 11.3 Å². The first-order valence-corrected chi connectivity index (χ1v) is 9.00. The quantitative estimate of drug-likeness (QED) is 0.377. The van der Waals surface area contributed by atoms with E-state index in [0.29, 0.717) is 22.6 Å². The molecular weight excluding hydrogens is 364 g/mol. The highest BCUT2D eigenvalue weighted by Crippen LogP contribution is 2.35. The number of methoxy groups -OCH3 is 1. The van der Waals surface area contributed by atoms with Crippen LogP contribution in [0.4, 0.5) is 0 Å². The van der Waals surface area contributed by atoms with Crippen molar-refractivity contribution in [2.24, 2.45) is 0 Å². The Bertz CT molecular complexity index is 1050. The molecule has 0 aliphatic carbocycles. The van der Waals surface area contributed by atoms with Crippen molar-refractivity contribution in [3.05, 3.63) is 81.7 Å². The van der Waals surface area contributed by atoms with Gasteiger partial charge in [0.2, 0.25) is 5.78 Å². The Hall–Kier alpha value is -3.38. The number of Topliss-reactive ketones (excluding diaryl/α,β-unsaturated/α-hetero) is 1. The van der Waals surface area contributed by atoms with Crippen molar-refractivity contribution in [1.29, 1.82) is 0 Å². The number of rotatable bonds is 4. The highest BCUT2D eigenvalue weighted by molar-refractivity contribution is 7.10. The van der Waals surface area contributed by atoms with Crippen molar-refractivity contribution < 1.29 is 23.8 Å². The summed E-state index contributed by atoms with van der Waals surface area (Å²) in [5, 5.41) is 1.92. The zero-order chi connectivity index (χ0) is 18.8. The second-order valence-corrected chi connectivity index (χ2v) is 6.68. The molecule has 0 fully saturated rings. The van der Waals surface area contributed by atoms with Crippen molar-refractivity contribution in [3.8, 4) is 17.2 Å². The van der Waals surface area contributed by atoms with Crippen LogP contribution in [0.2, 0.25) is 0 Å². The summed E-state index contributed by atoms with van der Waals surface area (Å²) in [5.41, 5.74) is 0.755. The number of fused-ring (bicyclic) bond motifs is 1. The smallest absolute Gasteiger partial charge is 0.347 e. The van der Waals surface area contributed by atoms with E-state index in [4.69, 9.17) is 14.2 Å². The zero-order valence-electron chi connectivity index (χ0n) is 14.3. The SMILES string of the molecule is COc1ccccc1C(=O)Oc1ccc2c(c1)O/C(=C/c1cccs1)C2=O. The Labute approximate surface area is 159 Å². The second kappa shape index (κ2) is 7.09. The standard InChI is InChI=1S/C21H14O5S/c1-24-17-7-3-2-6-16(17)21(23)25-13-8-9-15-18(11-13)26-19(20(15)22)12-14-5-4-10-27-14/h2-12H,1H3/b19-12+. The fourth-order valence-electron chi connectivity index (χ4n) is 2.71. The first kappa shape index (κ1) is 17.1. The van der Waals surface area contributed by atoms with E-state index in [0.717, 1.165) is 4.88 Å². The lowest BCUT2D eigenvalue weighted by Gasteiger charge is -2.08. The Balaban J connectivity index is 1.57. The molecule has 0 amide bonds. The molecule has 0 bridgehead atoms. The molecule has 5 nitrogen and oxygen atoms in total. The van der Waals surface area contributed by atoms with E-state index in [1.165, 1.54) is 24.5 Å². The topological polar surface area (TPSA) is 61.8 Å². The third kappa shape index (κ3) is 3.35. The Kier molecular flexibility index (Phi) is 4.48. The van der Waals surface area contributed by atoms with Gasteiger partial charge in [-0.05, 0) is 35.7 Å². The summed E-state index contributed by atoms with van der Waals surface area (Å²) in [6.07, 6.45) is 1.70. The van der Waals surface area contributed by atoms with E-state index in [-0.39, 0.29) is 17.3 Å². The molecule has 0 unspecified atom stereocenters. The van der Waals surface area contributed by atoms with Gasteiger partial charge in [-0.25, -0.2) is 4.79 Å². The average Bonchev–Trinajstić information content (AvgIpc) is 3.30. The van der Waals surface area contributed by atoms with E-state index in [9.17, 15) is 9.59 Å². The molecule has 0 N–H and O–H groups in total. The number of carbonyl (C=O) groups excluding carboxylic acids is 2. The van der Waals surface area contributed by atoms with Crippen molar-refractivity contribution >= 4 is 29.2 Å². The highest BCUT2D eigenvalue weighted by atomic mass is 32.1. The first-order valence-electron chi connectivity index (χ1n) is 8.13. The van der Waals surface area contributed by atoms with Crippen LogP contribution in [-0.2, 0) is 0 Å². The lowest BCUT2D eigenvalue weighted by molar-refractivity contribution is 0.0731. The largest absolute Gasteiger partial charge is 0.496 e. The monoisotopic (exact) mass is 378 g/mol. The number of ketones is 1. The van der Waals surface area contributed by atoms with Crippen molar-refractivity contribution in [3.63, 3.8) is 0 Å². The van der Waals surface area contributed by atoms with Gasteiger partial charge >= 0.3 is 5.97 Å². The predicted octanol–water partition coefficient (Wildman–Crippen LogP) is 4.59. The molecule has 1 aliphatic heterocycles. The molecule has 2 aromatic carbocycles. The van der Waals surface area contributed by atoms with E-state index >= 15 is 0 Å². The maximum Gasteiger partial charge on any atom is 0.347 e. The molecule has 3 aromatic rings. The van der Waals surface area contributed by atoms with Crippen molar-refractivity contribution in [2.45, 2.75) is 0 Å². The number of hydrogen-bond donors (Lipinski definition) is 0. The number of thiophene rings is 1. The summed E-state index contributed by atoms with van der Waals surface area (Å²) < 4.78 is 16.3. The molecule has 0 saturated carbocycles. The molecule has 0 atom stereocenters. The number of carbonyl (C=O) groups is 2. The fourth-order valence-corrected chi connectivity index (χ4v) is 3.36. The summed E-state index contributed by atoms with van der Waals surface area (Å²) >= 11 is 1.51. The summed E-state index contributed by atoms with van der Waals surface area (Å²) in [4.78, 5) is 25.8. The van der Waals surface area contributed by atoms with Crippen LogP contribution in [0.25, 0.3) is 6.08 Å². The van der Waals surface area contributed by atoms with Crippen LogP contribution in [-0.4, -0.2) is 18.9 Å². The minimum atomic E-state index is -0.550. The Morgan fingerprint density at radius 2 is 1.96 bits per heavy atom. The predicted molar refractivity (Wildman–Crippen MR) is 102 cm³/mol. The molecule has 134 valence electrons. The molecule has 0 saturated heterocycles. The van der Waals surface area contributed by atoms with Gasteiger partial charge in [0.05, 0.1) is 12.7 Å². The van der Waals surface area contributed by atoms with Gasteiger partial charge in [0.1, 0.15) is 22.8 Å². The molecule has 0 radical (unpaired) electrons. The number of benzene rings is 2. The summed E-state index contributed by atoms with van der Waals surface area (Å²) in [6.45, 7) is 0. The van der Waals surface area contributed by atoms with Crippen LogP contribution in [0.1, 0.15) is 25.6 Å². The minimum absolute atomic E-state index is 0.194. The Morgan fingerprint density at radius 3 is 2.74 bits per heavy atom. The van der Waals surface area contributed by atoms with Gasteiger partial charge in [0, 0.05) is 17.0 Å². The molecule has 1 aliphatic rings. The molecule has 27 heavy (non-hydrogen) atoms. The molecule has 6 heteroatoms. The van der Waals surface area contributed by atoms with Crippen molar-refractivity contribution in [1.82, 2.24) is 0 Å². The molecule has 0 spiro atoms. The number of ether oxygens (including phenoxy) is 3. The average molecular weight is 378 g/mol. The fraction of sp³-hybridized carbons (Fsp3) is 0.0476. The number of esters is 1. The third-order valence-corrected chi connectivity index (χ3v) is 4.81. The number of hydrogen-bond acceptors (Lipinski definition) is 6. The van der Waals surface area contributed by atoms with E-state index in [2.05, 4.69) is 0 Å². The third-order valence-electron chi connectivity index (χ3n) is 4.00. The maximum absolute atomic E-state index is 12.4. The molecule has 2 heterocycles. The van der Waals surface area contributed by atoms with Crippen LogP contribution in [0.5, 0.6) is 17.2 Å². The summed E-state index contributed by atoms with van der Waals surface area (Å²) in [7, 11) is 1.49. The van der Waals surface area contributed by atoms with E-state index in [1.54, 1.807) is 42.5 Å². The van der Waals surface area contributed by atoms with Crippen LogP contribution in [0.3, 0.4) is 0 Å². The molecule has 1 aromatic heterocycles. The van der Waals surface area contributed by atoms with Gasteiger partial charge in [-0.3, -0.25) is 4.79 Å². The second-order valence-electron chi connectivity index (χ2n) is 5.70. The maximum atomic E-state index is 12.4. The number of allylic oxidation sites excluding steroid dienone is 1. The van der Waals surface area contributed by atoms with Crippen LogP contribution < -0.4 is 14.2 Å². The van der Waals surface area contributed by atoms with Gasteiger partial charge in [0.25, 0.3) is 0 Å². The normalized spacial score (nSPS) is 14.0. The molecule has 4 rings (SSSR count). The number of para-hydroxylation sites is 1. The van der Waals surface area contributed by atoms with Crippen molar-refractivity contribution in [2.75, 3.05) is 7.11 Å². The van der Waals surface area contributed by atoms with Gasteiger partial charge < -0.3 is 14.2 Å². The lowest BCUT2D eigenvalue weighted by atomic mass is 10.1. The summed E-state index contributed by atoms with van der Waals surface area (Å²) in [6, 6.07) is 15.3. The highest BCUT2D eigenvalue weighted by Gasteiger charge is 2.28. The molecular formula is C21H14O5S. The van der Waals surface area contributed by atoms with E-state index in [1.807, 2.05) is 17.5 Å². The van der Waals surface area contributed by atoms with Crippen LogP contribution in [0.15, 0.2) is 65.7 Å². The van der Waals surface area contributed by atoms with Gasteiger partial charge in [-0.2, -0.15) is 0 Å². The van der Waals surface area contributed by atoms with Crippen LogP contribution in [0, 0.1) is 0 Å².